The minimum Gasteiger partial charge on any atom is -0.385 e. The van der Waals surface area contributed by atoms with E-state index in [2.05, 4.69) is 6.07 Å². The van der Waals surface area contributed by atoms with Crippen molar-refractivity contribution >= 4 is 23.4 Å². The van der Waals surface area contributed by atoms with E-state index in [1.54, 1.807) is 7.11 Å². The number of benzene rings is 1. The molecule has 0 aliphatic heterocycles. The number of rotatable bonds is 7. The quantitative estimate of drug-likeness (QED) is 0.604. The fraction of sp³-hybridized carbons (Fsp3) is 0.500. The second-order valence-electron chi connectivity index (χ2n) is 3.49. The Morgan fingerprint density at radius 2 is 2.25 bits per heavy atom. The molecule has 0 saturated carbocycles. The van der Waals surface area contributed by atoms with Gasteiger partial charge in [0.25, 0.3) is 0 Å². The predicted molar refractivity (Wildman–Crippen MR) is 71.4 cm³/mol. The van der Waals surface area contributed by atoms with Gasteiger partial charge in [-0.25, -0.2) is 0 Å². The normalized spacial score (nSPS) is 10.7. The maximum atomic E-state index is 5.99. The van der Waals surface area contributed by atoms with E-state index in [-0.39, 0.29) is 0 Å². The van der Waals surface area contributed by atoms with Gasteiger partial charge < -0.3 is 10.5 Å². The first-order valence-corrected chi connectivity index (χ1v) is 6.74. The van der Waals surface area contributed by atoms with Crippen molar-refractivity contribution in [3.05, 3.63) is 28.8 Å². The van der Waals surface area contributed by atoms with Crippen LogP contribution in [-0.2, 0) is 11.2 Å². The highest BCUT2D eigenvalue weighted by molar-refractivity contribution is 7.99. The molecule has 0 unspecified atom stereocenters. The molecule has 4 heteroatoms. The Hall–Kier alpha value is -0.220. The van der Waals surface area contributed by atoms with Gasteiger partial charge in [-0.2, -0.15) is 0 Å². The first-order chi connectivity index (χ1) is 7.77. The summed E-state index contributed by atoms with van der Waals surface area (Å²) in [6.45, 7) is 1.48. The third-order valence-corrected chi connectivity index (χ3v) is 3.61. The number of ether oxygens (including phenoxy) is 1. The van der Waals surface area contributed by atoms with Crippen LogP contribution in [0.4, 0.5) is 0 Å². The Morgan fingerprint density at radius 3 is 2.94 bits per heavy atom. The van der Waals surface area contributed by atoms with Crippen LogP contribution < -0.4 is 5.73 Å². The summed E-state index contributed by atoms with van der Waals surface area (Å²) in [5.74, 6) is 1.05. The highest BCUT2D eigenvalue weighted by atomic mass is 35.5. The van der Waals surface area contributed by atoms with Crippen LogP contribution in [0.3, 0.4) is 0 Å². The summed E-state index contributed by atoms with van der Waals surface area (Å²) in [7, 11) is 1.73. The van der Waals surface area contributed by atoms with E-state index in [0.717, 1.165) is 30.2 Å². The van der Waals surface area contributed by atoms with E-state index in [9.17, 15) is 0 Å². The van der Waals surface area contributed by atoms with Crippen LogP contribution in [0.25, 0.3) is 0 Å². The molecular formula is C12H18ClNOS. The van der Waals surface area contributed by atoms with Crippen LogP contribution in [0.15, 0.2) is 23.1 Å². The highest BCUT2D eigenvalue weighted by Gasteiger charge is 2.03. The molecule has 0 saturated heterocycles. The standard InChI is InChI=1S/C12H18ClNOS/c1-15-7-2-8-16-12-9-11(13)4-3-10(12)5-6-14/h3-4,9H,2,5-8,14H2,1H3. The van der Waals surface area contributed by atoms with Crippen LogP contribution in [0.1, 0.15) is 12.0 Å². The molecule has 1 aromatic rings. The first kappa shape index (κ1) is 13.8. The molecular weight excluding hydrogens is 242 g/mol. The van der Waals surface area contributed by atoms with Gasteiger partial charge in [0.15, 0.2) is 0 Å². The third kappa shape index (κ3) is 4.74. The van der Waals surface area contributed by atoms with Gasteiger partial charge in [-0.1, -0.05) is 17.7 Å². The molecule has 0 bridgehead atoms. The topological polar surface area (TPSA) is 35.2 Å². The van der Waals surface area contributed by atoms with Crippen molar-refractivity contribution in [2.75, 3.05) is 26.0 Å². The molecule has 2 N–H and O–H groups in total. The monoisotopic (exact) mass is 259 g/mol. The van der Waals surface area contributed by atoms with Crippen LogP contribution in [-0.4, -0.2) is 26.0 Å². The molecule has 0 spiro atoms. The van der Waals surface area contributed by atoms with Crippen molar-refractivity contribution in [3.8, 4) is 0 Å². The van der Waals surface area contributed by atoms with Crippen molar-refractivity contribution in [1.29, 1.82) is 0 Å². The van der Waals surface area contributed by atoms with E-state index in [1.165, 1.54) is 10.5 Å². The van der Waals surface area contributed by atoms with Crippen molar-refractivity contribution in [3.63, 3.8) is 0 Å². The van der Waals surface area contributed by atoms with Crippen molar-refractivity contribution in [2.24, 2.45) is 5.73 Å². The number of nitrogens with two attached hydrogens (primary N) is 1. The van der Waals surface area contributed by atoms with Gasteiger partial charge in [-0.05, 0) is 37.1 Å². The average molecular weight is 260 g/mol. The maximum absolute atomic E-state index is 5.99. The van der Waals surface area contributed by atoms with E-state index in [1.807, 2.05) is 23.9 Å². The van der Waals surface area contributed by atoms with E-state index >= 15 is 0 Å². The van der Waals surface area contributed by atoms with E-state index in [0.29, 0.717) is 6.54 Å². The predicted octanol–water partition coefficient (Wildman–Crippen LogP) is 2.97. The number of halogens is 1. The fourth-order valence-corrected chi connectivity index (χ4v) is 2.69. The Kier molecular flexibility index (Phi) is 6.88. The molecule has 0 amide bonds. The summed E-state index contributed by atoms with van der Waals surface area (Å²) in [5.41, 5.74) is 6.87. The van der Waals surface area contributed by atoms with Gasteiger partial charge >= 0.3 is 0 Å². The Morgan fingerprint density at radius 1 is 1.44 bits per heavy atom. The average Bonchev–Trinajstić information content (AvgIpc) is 2.28. The summed E-state index contributed by atoms with van der Waals surface area (Å²) in [4.78, 5) is 1.24. The van der Waals surface area contributed by atoms with Gasteiger partial charge in [-0.15, -0.1) is 11.8 Å². The van der Waals surface area contributed by atoms with Gasteiger partial charge in [0.2, 0.25) is 0 Å². The number of methoxy groups -OCH3 is 1. The number of hydrogen-bond acceptors (Lipinski definition) is 3. The molecule has 0 aliphatic carbocycles. The van der Waals surface area contributed by atoms with Crippen LogP contribution in [0.5, 0.6) is 0 Å². The van der Waals surface area contributed by atoms with Crippen molar-refractivity contribution < 1.29 is 4.74 Å². The zero-order valence-electron chi connectivity index (χ0n) is 9.54. The SMILES string of the molecule is COCCCSc1cc(Cl)ccc1CCN. The van der Waals surface area contributed by atoms with Gasteiger partial charge in [0, 0.05) is 29.4 Å². The van der Waals surface area contributed by atoms with Gasteiger partial charge in [0.1, 0.15) is 0 Å². The lowest BCUT2D eigenvalue weighted by molar-refractivity contribution is 0.200. The first-order valence-electron chi connectivity index (χ1n) is 5.38. The molecule has 0 radical (unpaired) electrons. The minimum atomic E-state index is 0.674. The Labute approximate surface area is 107 Å². The van der Waals surface area contributed by atoms with Crippen molar-refractivity contribution in [2.45, 2.75) is 17.7 Å². The second kappa shape index (κ2) is 7.96. The number of hydrogen-bond donors (Lipinski definition) is 1. The lowest BCUT2D eigenvalue weighted by Crippen LogP contribution is -2.03. The van der Waals surface area contributed by atoms with Crippen LogP contribution in [0.2, 0.25) is 5.02 Å². The molecule has 2 nitrogen and oxygen atoms in total. The zero-order chi connectivity index (χ0) is 11.8. The summed E-state index contributed by atoms with van der Waals surface area (Å²) in [5, 5.41) is 0.787. The Bertz CT molecular complexity index is 320. The van der Waals surface area contributed by atoms with Crippen molar-refractivity contribution in [1.82, 2.24) is 0 Å². The zero-order valence-corrected chi connectivity index (χ0v) is 11.1. The molecule has 90 valence electrons. The lowest BCUT2D eigenvalue weighted by atomic mass is 10.1. The molecule has 1 aromatic carbocycles. The molecule has 0 fully saturated rings. The summed E-state index contributed by atoms with van der Waals surface area (Å²) >= 11 is 7.81. The van der Waals surface area contributed by atoms with Crippen LogP contribution >= 0.6 is 23.4 Å². The second-order valence-corrected chi connectivity index (χ2v) is 5.06. The molecule has 0 aromatic heterocycles. The number of thioether (sulfide) groups is 1. The lowest BCUT2D eigenvalue weighted by Gasteiger charge is -2.08. The maximum Gasteiger partial charge on any atom is 0.0470 e. The largest absolute Gasteiger partial charge is 0.385 e. The minimum absolute atomic E-state index is 0.674. The van der Waals surface area contributed by atoms with E-state index in [4.69, 9.17) is 22.1 Å². The molecule has 0 aliphatic rings. The van der Waals surface area contributed by atoms with Gasteiger partial charge in [0.05, 0.1) is 0 Å². The van der Waals surface area contributed by atoms with E-state index < -0.39 is 0 Å². The fourth-order valence-electron chi connectivity index (χ4n) is 1.41. The molecule has 16 heavy (non-hydrogen) atoms. The summed E-state index contributed by atoms with van der Waals surface area (Å²) < 4.78 is 5.02. The molecule has 0 atom stereocenters. The smallest absolute Gasteiger partial charge is 0.0470 e. The summed E-state index contributed by atoms with van der Waals surface area (Å²) in [6.07, 6.45) is 1.96. The third-order valence-electron chi connectivity index (χ3n) is 2.19. The Balaban J connectivity index is 2.57. The summed E-state index contributed by atoms with van der Waals surface area (Å²) in [6, 6.07) is 6.00. The highest BCUT2D eigenvalue weighted by Crippen LogP contribution is 2.27. The molecule has 1 rings (SSSR count). The molecule has 0 heterocycles. The van der Waals surface area contributed by atoms with Crippen LogP contribution in [0, 0.1) is 0 Å². The van der Waals surface area contributed by atoms with Gasteiger partial charge in [-0.3, -0.25) is 0 Å².